The average molecular weight is 219 g/mol. The summed E-state index contributed by atoms with van der Waals surface area (Å²) in [6, 6.07) is 0. The van der Waals surface area contributed by atoms with Crippen LogP contribution in [0.5, 0.6) is 0 Å². The largest absolute Gasteiger partial charge is 0.465 e. The van der Waals surface area contributed by atoms with Crippen LogP contribution in [0.4, 0.5) is 13.2 Å². The molecule has 0 aliphatic rings. The highest BCUT2D eigenvalue weighted by Gasteiger charge is 2.21. The van der Waals surface area contributed by atoms with Gasteiger partial charge in [0.1, 0.15) is 17.1 Å². The van der Waals surface area contributed by atoms with Crippen molar-refractivity contribution >= 4 is 5.97 Å². The Balaban J connectivity index is 3.27. The van der Waals surface area contributed by atoms with Crippen molar-refractivity contribution in [3.05, 3.63) is 28.8 Å². The molecule has 0 aliphatic carbocycles. The van der Waals surface area contributed by atoms with Crippen LogP contribution in [0.15, 0.2) is 6.20 Å². The number of methoxy groups -OCH3 is 1. The Morgan fingerprint density at radius 1 is 1.53 bits per heavy atom. The lowest BCUT2D eigenvalue weighted by Crippen LogP contribution is -2.09. The highest BCUT2D eigenvalue weighted by molar-refractivity contribution is 5.89. The minimum Gasteiger partial charge on any atom is -0.465 e. The van der Waals surface area contributed by atoms with Crippen LogP contribution in [-0.4, -0.2) is 18.1 Å². The normalized spacial score (nSPS) is 10.5. The minimum absolute atomic E-state index is 0.340. The maximum atomic E-state index is 13.4. The first-order valence-electron chi connectivity index (χ1n) is 4.00. The van der Waals surface area contributed by atoms with Crippen LogP contribution in [-0.2, 0) is 4.74 Å². The number of esters is 1. The Kier molecular flexibility index (Phi) is 3.28. The fourth-order valence-electron chi connectivity index (χ4n) is 1.07. The van der Waals surface area contributed by atoms with Crippen molar-refractivity contribution in [2.24, 2.45) is 0 Å². The lowest BCUT2D eigenvalue weighted by atomic mass is 10.1. The van der Waals surface area contributed by atoms with E-state index in [0.717, 1.165) is 20.2 Å². The quantitative estimate of drug-likeness (QED) is 0.716. The summed E-state index contributed by atoms with van der Waals surface area (Å²) in [6.45, 7) is 1.14. The van der Waals surface area contributed by atoms with E-state index in [1.54, 1.807) is 0 Å². The summed E-state index contributed by atoms with van der Waals surface area (Å²) in [4.78, 5) is 14.3. The Bertz CT molecular complexity index is 393. The Labute approximate surface area is 83.9 Å². The second kappa shape index (κ2) is 4.29. The van der Waals surface area contributed by atoms with Gasteiger partial charge < -0.3 is 4.74 Å². The molecule has 0 bridgehead atoms. The Morgan fingerprint density at radius 3 is 2.60 bits per heavy atom. The van der Waals surface area contributed by atoms with Gasteiger partial charge in [-0.1, -0.05) is 0 Å². The summed E-state index contributed by atoms with van der Waals surface area (Å²) in [5.74, 6) is -1.96. The van der Waals surface area contributed by atoms with Gasteiger partial charge in [0.15, 0.2) is 0 Å². The van der Waals surface area contributed by atoms with Crippen LogP contribution in [0.2, 0.25) is 0 Å². The molecule has 0 aromatic carbocycles. The van der Waals surface area contributed by atoms with E-state index in [4.69, 9.17) is 0 Å². The van der Waals surface area contributed by atoms with Gasteiger partial charge >= 0.3 is 5.97 Å². The summed E-state index contributed by atoms with van der Waals surface area (Å²) in [6.07, 6.45) is -2.12. The van der Waals surface area contributed by atoms with Crippen molar-refractivity contribution in [1.82, 2.24) is 4.98 Å². The molecule has 6 heteroatoms. The van der Waals surface area contributed by atoms with E-state index in [2.05, 4.69) is 9.72 Å². The number of alkyl halides is 2. The molecule has 3 nitrogen and oxygen atoms in total. The second-order valence-electron chi connectivity index (χ2n) is 2.79. The Hall–Kier alpha value is -1.59. The number of hydrogen-bond donors (Lipinski definition) is 0. The molecule has 0 N–H and O–H groups in total. The fourth-order valence-corrected chi connectivity index (χ4v) is 1.07. The van der Waals surface area contributed by atoms with E-state index in [0.29, 0.717) is 0 Å². The predicted molar refractivity (Wildman–Crippen MR) is 45.2 cm³/mol. The number of hydrogen-bond acceptors (Lipinski definition) is 3. The van der Waals surface area contributed by atoms with Gasteiger partial charge in [0.2, 0.25) is 0 Å². The first-order valence-corrected chi connectivity index (χ1v) is 4.00. The van der Waals surface area contributed by atoms with Crippen LogP contribution in [0.3, 0.4) is 0 Å². The first kappa shape index (κ1) is 11.5. The fraction of sp³-hybridized carbons (Fsp3) is 0.333. The summed E-state index contributed by atoms with van der Waals surface area (Å²) in [5.41, 5.74) is -1.45. The van der Waals surface area contributed by atoms with Crippen molar-refractivity contribution in [3.8, 4) is 0 Å². The Morgan fingerprint density at radius 2 is 2.13 bits per heavy atom. The number of nitrogens with zero attached hydrogens (tertiary/aromatic N) is 1. The molecule has 0 spiro atoms. The van der Waals surface area contributed by atoms with Crippen LogP contribution in [0.1, 0.15) is 28.0 Å². The van der Waals surface area contributed by atoms with E-state index >= 15 is 0 Å². The molecule has 0 saturated carbocycles. The van der Waals surface area contributed by atoms with Crippen LogP contribution in [0, 0.1) is 12.7 Å². The van der Waals surface area contributed by atoms with Gasteiger partial charge in [-0.3, -0.25) is 4.98 Å². The zero-order valence-electron chi connectivity index (χ0n) is 8.05. The summed E-state index contributed by atoms with van der Waals surface area (Å²) < 4.78 is 42.2. The van der Waals surface area contributed by atoms with E-state index in [1.165, 1.54) is 0 Å². The molecule has 1 rings (SSSR count). The number of pyridine rings is 1. The lowest BCUT2D eigenvalue weighted by Gasteiger charge is -2.07. The van der Waals surface area contributed by atoms with E-state index in [1.807, 2.05) is 0 Å². The van der Waals surface area contributed by atoms with Gasteiger partial charge in [0.05, 0.1) is 7.11 Å². The van der Waals surface area contributed by atoms with Gasteiger partial charge in [-0.2, -0.15) is 0 Å². The molecule has 0 aliphatic heterocycles. The third-order valence-corrected chi connectivity index (χ3v) is 1.89. The van der Waals surface area contributed by atoms with Gasteiger partial charge in [-0.15, -0.1) is 0 Å². The van der Waals surface area contributed by atoms with Crippen molar-refractivity contribution in [2.45, 2.75) is 13.3 Å². The summed E-state index contributed by atoms with van der Waals surface area (Å²) in [7, 11) is 1.07. The van der Waals surface area contributed by atoms with Crippen molar-refractivity contribution in [3.63, 3.8) is 0 Å². The molecule has 1 heterocycles. The van der Waals surface area contributed by atoms with Gasteiger partial charge in [-0.25, -0.2) is 18.0 Å². The molecule has 1 aromatic heterocycles. The molecule has 0 unspecified atom stereocenters. The smallest absolute Gasteiger partial charge is 0.342 e. The highest BCUT2D eigenvalue weighted by Crippen LogP contribution is 2.23. The first-order chi connectivity index (χ1) is 6.99. The summed E-state index contributed by atoms with van der Waals surface area (Å²) >= 11 is 0. The number of ether oxygens (including phenoxy) is 1. The number of carbonyl (C=O) groups excluding carboxylic acids is 1. The maximum absolute atomic E-state index is 13.4. The SMILES string of the molecule is COC(=O)c1cnc(C(F)F)c(C)c1F. The standard InChI is InChI=1S/C9H8F3NO2/c1-4-6(10)5(9(14)15-2)3-13-7(4)8(11)12/h3,8H,1-2H3. The molecule has 82 valence electrons. The summed E-state index contributed by atoms with van der Waals surface area (Å²) in [5, 5.41) is 0. The minimum atomic E-state index is -2.87. The highest BCUT2D eigenvalue weighted by atomic mass is 19.3. The molecular formula is C9H8F3NO2. The van der Waals surface area contributed by atoms with E-state index in [9.17, 15) is 18.0 Å². The van der Waals surface area contributed by atoms with Crippen LogP contribution >= 0.6 is 0 Å². The van der Waals surface area contributed by atoms with Gasteiger partial charge in [0.25, 0.3) is 6.43 Å². The maximum Gasteiger partial charge on any atom is 0.342 e. The third kappa shape index (κ3) is 2.08. The van der Waals surface area contributed by atoms with E-state index in [-0.39, 0.29) is 5.56 Å². The number of rotatable bonds is 2. The topological polar surface area (TPSA) is 39.2 Å². The van der Waals surface area contributed by atoms with E-state index < -0.39 is 29.5 Å². The van der Waals surface area contributed by atoms with Crippen molar-refractivity contribution < 1.29 is 22.7 Å². The second-order valence-corrected chi connectivity index (χ2v) is 2.79. The monoisotopic (exact) mass is 219 g/mol. The molecule has 0 atom stereocenters. The molecule has 15 heavy (non-hydrogen) atoms. The number of carbonyl (C=O) groups is 1. The molecule has 0 saturated heterocycles. The van der Waals surface area contributed by atoms with Crippen molar-refractivity contribution in [2.75, 3.05) is 7.11 Å². The predicted octanol–water partition coefficient (Wildman–Crippen LogP) is 2.25. The lowest BCUT2D eigenvalue weighted by molar-refractivity contribution is 0.0593. The molecule has 0 fully saturated rings. The average Bonchev–Trinajstić information content (AvgIpc) is 2.20. The van der Waals surface area contributed by atoms with Crippen LogP contribution < -0.4 is 0 Å². The zero-order chi connectivity index (χ0) is 11.6. The molecular weight excluding hydrogens is 211 g/mol. The number of aromatic nitrogens is 1. The van der Waals surface area contributed by atoms with Crippen molar-refractivity contribution in [1.29, 1.82) is 0 Å². The molecule has 0 amide bonds. The van der Waals surface area contributed by atoms with Gasteiger partial charge in [-0.05, 0) is 6.92 Å². The zero-order valence-corrected chi connectivity index (χ0v) is 8.05. The van der Waals surface area contributed by atoms with Gasteiger partial charge in [0, 0.05) is 11.8 Å². The third-order valence-electron chi connectivity index (χ3n) is 1.89. The van der Waals surface area contributed by atoms with Crippen LogP contribution in [0.25, 0.3) is 0 Å². The molecule has 0 radical (unpaired) electrons. The molecule has 1 aromatic rings. The number of halogens is 3.